The number of hydrogen-bond donors (Lipinski definition) is 2. The summed E-state index contributed by atoms with van der Waals surface area (Å²) in [5, 5.41) is 3.47. The molecule has 0 aliphatic rings. The monoisotopic (exact) mass is 265 g/mol. The van der Waals surface area contributed by atoms with Gasteiger partial charge in [-0.25, -0.2) is 9.37 Å². The highest BCUT2D eigenvalue weighted by Gasteiger charge is 2.01. The summed E-state index contributed by atoms with van der Waals surface area (Å²) < 4.78 is 13.0. The minimum Gasteiger partial charge on any atom is -0.396 e. The Morgan fingerprint density at radius 3 is 2.89 bits per heavy atom. The molecule has 1 aromatic heterocycles. The predicted octanol–water partition coefficient (Wildman–Crippen LogP) is 3.11. The van der Waals surface area contributed by atoms with E-state index in [1.54, 1.807) is 18.2 Å². The SMILES string of the molecule is Nc1ccc(Cl)nc1NCCc1cccc(F)c1. The molecule has 5 heteroatoms. The van der Waals surface area contributed by atoms with Gasteiger partial charge in [-0.05, 0) is 36.2 Å². The van der Waals surface area contributed by atoms with Crippen molar-refractivity contribution in [3.63, 3.8) is 0 Å². The summed E-state index contributed by atoms with van der Waals surface area (Å²) in [6.45, 7) is 0.612. The van der Waals surface area contributed by atoms with E-state index >= 15 is 0 Å². The molecular weight excluding hydrogens is 253 g/mol. The van der Waals surface area contributed by atoms with Gasteiger partial charge in [-0.2, -0.15) is 0 Å². The summed E-state index contributed by atoms with van der Waals surface area (Å²) in [5.74, 6) is 0.326. The third-order valence-corrected chi connectivity index (χ3v) is 2.70. The van der Waals surface area contributed by atoms with E-state index < -0.39 is 0 Å². The molecule has 0 amide bonds. The average Bonchev–Trinajstić information content (AvgIpc) is 2.34. The maximum absolute atomic E-state index is 13.0. The van der Waals surface area contributed by atoms with Gasteiger partial charge in [0.25, 0.3) is 0 Å². The maximum atomic E-state index is 13.0. The van der Waals surface area contributed by atoms with Crippen LogP contribution < -0.4 is 11.1 Å². The van der Waals surface area contributed by atoms with Crippen LogP contribution in [0.15, 0.2) is 36.4 Å². The van der Waals surface area contributed by atoms with Crippen molar-refractivity contribution in [1.82, 2.24) is 4.98 Å². The number of rotatable bonds is 4. The average molecular weight is 266 g/mol. The lowest BCUT2D eigenvalue weighted by molar-refractivity contribution is 0.625. The van der Waals surface area contributed by atoms with Crippen molar-refractivity contribution in [2.45, 2.75) is 6.42 Å². The molecule has 0 bridgehead atoms. The first kappa shape index (κ1) is 12.6. The number of nitrogens with two attached hydrogens (primary N) is 1. The lowest BCUT2D eigenvalue weighted by atomic mass is 10.1. The number of nitrogens with one attached hydrogen (secondary N) is 1. The molecular formula is C13H13ClFN3. The Kier molecular flexibility index (Phi) is 3.99. The van der Waals surface area contributed by atoms with Gasteiger partial charge < -0.3 is 11.1 Å². The summed E-state index contributed by atoms with van der Waals surface area (Å²) in [6.07, 6.45) is 0.686. The lowest BCUT2D eigenvalue weighted by Gasteiger charge is -2.08. The summed E-state index contributed by atoms with van der Waals surface area (Å²) in [5.41, 5.74) is 7.21. The second kappa shape index (κ2) is 5.69. The van der Waals surface area contributed by atoms with E-state index in [4.69, 9.17) is 17.3 Å². The highest BCUT2D eigenvalue weighted by Crippen LogP contribution is 2.18. The molecule has 0 unspecified atom stereocenters. The van der Waals surface area contributed by atoms with E-state index in [-0.39, 0.29) is 5.82 Å². The first-order valence-electron chi connectivity index (χ1n) is 5.55. The Hall–Kier alpha value is -1.81. The predicted molar refractivity (Wildman–Crippen MR) is 72.3 cm³/mol. The number of hydrogen-bond acceptors (Lipinski definition) is 3. The largest absolute Gasteiger partial charge is 0.396 e. The van der Waals surface area contributed by atoms with Crippen molar-refractivity contribution in [2.75, 3.05) is 17.6 Å². The first-order chi connectivity index (χ1) is 8.65. The molecule has 0 spiro atoms. The topological polar surface area (TPSA) is 50.9 Å². The van der Waals surface area contributed by atoms with E-state index in [9.17, 15) is 4.39 Å². The van der Waals surface area contributed by atoms with Crippen LogP contribution in [-0.4, -0.2) is 11.5 Å². The number of benzene rings is 1. The van der Waals surface area contributed by atoms with Crippen molar-refractivity contribution < 1.29 is 4.39 Å². The van der Waals surface area contributed by atoms with Crippen molar-refractivity contribution in [3.8, 4) is 0 Å². The molecule has 0 atom stereocenters. The van der Waals surface area contributed by atoms with E-state index in [1.807, 2.05) is 6.07 Å². The summed E-state index contributed by atoms with van der Waals surface area (Å²) in [4.78, 5) is 4.08. The number of nitrogens with zero attached hydrogens (tertiary/aromatic N) is 1. The van der Waals surface area contributed by atoms with Crippen molar-refractivity contribution >= 4 is 23.1 Å². The van der Waals surface area contributed by atoms with Gasteiger partial charge in [-0.15, -0.1) is 0 Å². The zero-order chi connectivity index (χ0) is 13.0. The second-order valence-corrected chi connectivity index (χ2v) is 4.27. The van der Waals surface area contributed by atoms with Gasteiger partial charge in [0.15, 0.2) is 5.82 Å². The zero-order valence-electron chi connectivity index (χ0n) is 9.66. The smallest absolute Gasteiger partial charge is 0.150 e. The quantitative estimate of drug-likeness (QED) is 0.835. The summed E-state index contributed by atoms with van der Waals surface area (Å²) in [6, 6.07) is 9.83. The van der Waals surface area contributed by atoms with Crippen LogP contribution >= 0.6 is 11.6 Å². The fraction of sp³-hybridized carbons (Fsp3) is 0.154. The molecule has 2 aromatic rings. The molecule has 1 heterocycles. The minimum atomic E-state index is -0.229. The summed E-state index contributed by atoms with van der Waals surface area (Å²) in [7, 11) is 0. The van der Waals surface area contributed by atoms with Crippen LogP contribution in [-0.2, 0) is 6.42 Å². The maximum Gasteiger partial charge on any atom is 0.150 e. The van der Waals surface area contributed by atoms with Gasteiger partial charge in [-0.3, -0.25) is 0 Å². The number of anilines is 2. The third kappa shape index (κ3) is 3.34. The van der Waals surface area contributed by atoms with Crippen LogP contribution in [0.4, 0.5) is 15.9 Å². The fourth-order valence-corrected chi connectivity index (χ4v) is 1.75. The Morgan fingerprint density at radius 1 is 1.28 bits per heavy atom. The highest BCUT2D eigenvalue weighted by molar-refractivity contribution is 6.29. The summed E-state index contributed by atoms with van der Waals surface area (Å²) >= 11 is 5.78. The van der Waals surface area contributed by atoms with Crippen LogP contribution in [0, 0.1) is 5.82 Å². The number of pyridine rings is 1. The van der Waals surface area contributed by atoms with E-state index in [0.717, 1.165) is 5.56 Å². The minimum absolute atomic E-state index is 0.229. The van der Waals surface area contributed by atoms with Crippen molar-refractivity contribution in [2.24, 2.45) is 0 Å². The molecule has 0 radical (unpaired) electrons. The standard InChI is InChI=1S/C13H13ClFN3/c14-12-5-4-11(16)13(18-12)17-7-6-9-2-1-3-10(15)8-9/h1-5,8H,6-7,16H2,(H,17,18). The van der Waals surface area contributed by atoms with Crippen LogP contribution in [0.5, 0.6) is 0 Å². The highest BCUT2D eigenvalue weighted by atomic mass is 35.5. The Morgan fingerprint density at radius 2 is 2.11 bits per heavy atom. The molecule has 0 fully saturated rings. The normalized spacial score (nSPS) is 10.3. The molecule has 1 aromatic carbocycles. The number of aromatic nitrogens is 1. The Bertz CT molecular complexity index is 546. The van der Waals surface area contributed by atoms with Crippen LogP contribution in [0.25, 0.3) is 0 Å². The first-order valence-corrected chi connectivity index (χ1v) is 5.93. The van der Waals surface area contributed by atoms with E-state index in [2.05, 4.69) is 10.3 Å². The van der Waals surface area contributed by atoms with Gasteiger partial charge in [-0.1, -0.05) is 23.7 Å². The number of nitrogen functional groups attached to an aromatic ring is 1. The van der Waals surface area contributed by atoms with Gasteiger partial charge in [0, 0.05) is 6.54 Å². The third-order valence-electron chi connectivity index (χ3n) is 2.49. The van der Waals surface area contributed by atoms with Crippen molar-refractivity contribution in [1.29, 1.82) is 0 Å². The van der Waals surface area contributed by atoms with Gasteiger partial charge in [0.05, 0.1) is 5.69 Å². The molecule has 2 rings (SSSR count). The fourth-order valence-electron chi connectivity index (χ4n) is 1.61. The molecule has 0 aliphatic carbocycles. The van der Waals surface area contributed by atoms with Gasteiger partial charge >= 0.3 is 0 Å². The van der Waals surface area contributed by atoms with Crippen LogP contribution in [0.1, 0.15) is 5.56 Å². The van der Waals surface area contributed by atoms with Crippen LogP contribution in [0.3, 0.4) is 0 Å². The molecule has 94 valence electrons. The Balaban J connectivity index is 1.94. The van der Waals surface area contributed by atoms with Crippen LogP contribution in [0.2, 0.25) is 5.15 Å². The van der Waals surface area contributed by atoms with Crippen molar-refractivity contribution in [3.05, 3.63) is 52.9 Å². The van der Waals surface area contributed by atoms with Gasteiger partial charge in [0.2, 0.25) is 0 Å². The van der Waals surface area contributed by atoms with E-state index in [0.29, 0.717) is 29.6 Å². The molecule has 0 saturated carbocycles. The Labute approximate surface area is 110 Å². The second-order valence-electron chi connectivity index (χ2n) is 3.88. The molecule has 3 nitrogen and oxygen atoms in total. The molecule has 0 aliphatic heterocycles. The van der Waals surface area contributed by atoms with Gasteiger partial charge in [0.1, 0.15) is 11.0 Å². The zero-order valence-corrected chi connectivity index (χ0v) is 10.4. The van der Waals surface area contributed by atoms with E-state index in [1.165, 1.54) is 12.1 Å². The number of halogens is 2. The molecule has 3 N–H and O–H groups in total. The molecule has 0 saturated heterocycles. The lowest BCUT2D eigenvalue weighted by Crippen LogP contribution is -2.08. The molecule has 18 heavy (non-hydrogen) atoms.